The molecule has 5 heterocycles. The Bertz CT molecular complexity index is 1170. The molecule has 9 heteroatoms. The minimum atomic E-state index is -0.0417. The van der Waals surface area contributed by atoms with Crippen LogP contribution in [0.5, 0.6) is 0 Å². The van der Waals surface area contributed by atoms with Gasteiger partial charge in [-0.15, -0.1) is 12.4 Å². The van der Waals surface area contributed by atoms with Gasteiger partial charge in [0, 0.05) is 19.8 Å². The maximum absolute atomic E-state index is 12.8. The summed E-state index contributed by atoms with van der Waals surface area (Å²) in [5.74, 6) is 0.585. The van der Waals surface area contributed by atoms with Crippen LogP contribution in [-0.2, 0) is 7.05 Å². The number of halogens is 1. The molecule has 0 unspecified atom stereocenters. The average Bonchev–Trinajstić information content (AvgIpc) is 3.22. The Balaban J connectivity index is 0.00000180. The van der Waals surface area contributed by atoms with Crippen LogP contribution in [0.25, 0.3) is 28.1 Å². The van der Waals surface area contributed by atoms with Crippen LogP contribution in [0.1, 0.15) is 18.9 Å². The molecule has 8 nitrogen and oxygen atoms in total. The number of imidazole rings is 1. The summed E-state index contributed by atoms with van der Waals surface area (Å²) in [4.78, 5) is 22.1. The lowest BCUT2D eigenvalue weighted by atomic mass is 10.1. The van der Waals surface area contributed by atoms with E-state index in [-0.39, 0.29) is 24.1 Å². The number of rotatable bonds is 2. The standard InChI is InChI=1S/C18H19N7O.ClH/c1-23-15-11-20-16(13-10-21-24-8-3-2-6-14(13)24)22-17(15)25(18(23)26)12-5-4-7-19-9-12;/h2-3,6,8,10-12,19H,4-5,7,9H2,1H3;1H/t12-;/m0./s1. The van der Waals surface area contributed by atoms with E-state index in [9.17, 15) is 4.79 Å². The normalized spacial score (nSPS) is 17.3. The van der Waals surface area contributed by atoms with Gasteiger partial charge in [0.25, 0.3) is 0 Å². The van der Waals surface area contributed by atoms with Gasteiger partial charge >= 0.3 is 5.69 Å². The molecule has 140 valence electrons. The Morgan fingerprint density at radius 1 is 1.22 bits per heavy atom. The molecule has 0 amide bonds. The molecule has 0 aliphatic carbocycles. The topological polar surface area (TPSA) is 82.0 Å². The molecule has 0 spiro atoms. The minimum Gasteiger partial charge on any atom is -0.315 e. The number of hydrogen-bond acceptors (Lipinski definition) is 5. The second-order valence-corrected chi connectivity index (χ2v) is 6.70. The van der Waals surface area contributed by atoms with Gasteiger partial charge in [-0.3, -0.25) is 9.13 Å². The van der Waals surface area contributed by atoms with Gasteiger partial charge in [-0.05, 0) is 31.5 Å². The van der Waals surface area contributed by atoms with Crippen molar-refractivity contribution in [3.05, 3.63) is 47.3 Å². The maximum atomic E-state index is 12.8. The number of hydrogen-bond donors (Lipinski definition) is 1. The molecular formula is C18H20ClN7O. The molecule has 1 aliphatic rings. The molecule has 4 aromatic rings. The molecule has 4 aromatic heterocycles. The first kappa shape index (κ1) is 17.7. The van der Waals surface area contributed by atoms with Crippen LogP contribution in [0.2, 0.25) is 0 Å². The highest BCUT2D eigenvalue weighted by molar-refractivity contribution is 5.85. The molecule has 1 N–H and O–H groups in total. The first-order valence-corrected chi connectivity index (χ1v) is 8.81. The molecule has 27 heavy (non-hydrogen) atoms. The largest absolute Gasteiger partial charge is 0.330 e. The summed E-state index contributed by atoms with van der Waals surface area (Å²) in [5.41, 5.74) is 3.19. The predicted molar refractivity (Wildman–Crippen MR) is 105 cm³/mol. The SMILES string of the molecule is Cl.Cn1c(=O)n([C@H]2CCCNC2)c2nc(-c3cnn4ccccc34)ncc21. The van der Waals surface area contributed by atoms with Crippen LogP contribution in [0.15, 0.2) is 41.6 Å². The smallest absolute Gasteiger partial charge is 0.315 e. The third kappa shape index (κ3) is 2.72. The van der Waals surface area contributed by atoms with Gasteiger partial charge in [0.15, 0.2) is 11.5 Å². The molecule has 0 aromatic carbocycles. The van der Waals surface area contributed by atoms with E-state index in [4.69, 9.17) is 4.98 Å². The van der Waals surface area contributed by atoms with Crippen molar-refractivity contribution >= 4 is 29.1 Å². The molecule has 0 saturated carbocycles. The lowest BCUT2D eigenvalue weighted by Crippen LogP contribution is -2.36. The minimum absolute atomic E-state index is 0. The van der Waals surface area contributed by atoms with Crippen molar-refractivity contribution in [1.29, 1.82) is 0 Å². The Hall–Kier alpha value is -2.71. The quantitative estimate of drug-likeness (QED) is 0.569. The van der Waals surface area contributed by atoms with E-state index in [1.807, 2.05) is 29.0 Å². The van der Waals surface area contributed by atoms with Gasteiger partial charge in [0.1, 0.15) is 5.52 Å². The Morgan fingerprint density at radius 2 is 2.11 bits per heavy atom. The fourth-order valence-corrected chi connectivity index (χ4v) is 3.76. The Kier molecular flexibility index (Phi) is 4.45. The van der Waals surface area contributed by atoms with Crippen LogP contribution in [-0.4, -0.2) is 41.8 Å². The third-order valence-electron chi connectivity index (χ3n) is 5.14. The summed E-state index contributed by atoms with van der Waals surface area (Å²) in [7, 11) is 1.77. The Morgan fingerprint density at radius 3 is 2.93 bits per heavy atom. The molecule has 0 radical (unpaired) electrons. The first-order chi connectivity index (χ1) is 12.7. The van der Waals surface area contributed by atoms with Crippen LogP contribution >= 0.6 is 12.4 Å². The third-order valence-corrected chi connectivity index (χ3v) is 5.14. The van der Waals surface area contributed by atoms with E-state index in [0.29, 0.717) is 11.5 Å². The molecule has 0 bridgehead atoms. The molecular weight excluding hydrogens is 366 g/mol. The zero-order valence-electron chi connectivity index (χ0n) is 14.9. The fourth-order valence-electron chi connectivity index (χ4n) is 3.76. The van der Waals surface area contributed by atoms with E-state index in [0.717, 1.165) is 42.5 Å². The second kappa shape index (κ2) is 6.79. The number of nitrogens with zero attached hydrogens (tertiary/aromatic N) is 6. The zero-order chi connectivity index (χ0) is 17.7. The van der Waals surface area contributed by atoms with E-state index < -0.39 is 0 Å². The monoisotopic (exact) mass is 385 g/mol. The molecule has 1 fully saturated rings. The zero-order valence-corrected chi connectivity index (χ0v) is 15.7. The van der Waals surface area contributed by atoms with Crippen LogP contribution in [0.4, 0.5) is 0 Å². The summed E-state index contributed by atoms with van der Waals surface area (Å²) in [6.45, 7) is 1.79. The second-order valence-electron chi connectivity index (χ2n) is 6.70. The molecule has 1 atom stereocenters. The van der Waals surface area contributed by atoms with Crippen molar-refractivity contribution in [1.82, 2.24) is 34.0 Å². The van der Waals surface area contributed by atoms with Crippen molar-refractivity contribution in [2.75, 3.05) is 13.1 Å². The van der Waals surface area contributed by atoms with Crippen LogP contribution in [0, 0.1) is 0 Å². The van der Waals surface area contributed by atoms with Gasteiger partial charge in [-0.25, -0.2) is 19.3 Å². The van der Waals surface area contributed by atoms with Crippen molar-refractivity contribution in [3.63, 3.8) is 0 Å². The van der Waals surface area contributed by atoms with Gasteiger partial charge in [0.2, 0.25) is 0 Å². The highest BCUT2D eigenvalue weighted by Crippen LogP contribution is 2.25. The lowest BCUT2D eigenvalue weighted by molar-refractivity contribution is 0.368. The van der Waals surface area contributed by atoms with Crippen molar-refractivity contribution in [2.24, 2.45) is 7.05 Å². The fraction of sp³-hybridized carbons (Fsp3) is 0.333. The summed E-state index contributed by atoms with van der Waals surface area (Å²) >= 11 is 0. The number of aromatic nitrogens is 6. The molecule has 1 saturated heterocycles. The Labute approximate surface area is 161 Å². The number of piperidine rings is 1. The van der Waals surface area contributed by atoms with E-state index >= 15 is 0 Å². The van der Waals surface area contributed by atoms with E-state index in [1.165, 1.54) is 0 Å². The maximum Gasteiger partial charge on any atom is 0.330 e. The summed E-state index contributed by atoms with van der Waals surface area (Å²) in [6, 6.07) is 6.00. The number of aryl methyl sites for hydroxylation is 1. The van der Waals surface area contributed by atoms with E-state index in [1.54, 1.807) is 28.5 Å². The van der Waals surface area contributed by atoms with Crippen LogP contribution in [0.3, 0.4) is 0 Å². The van der Waals surface area contributed by atoms with Gasteiger partial charge in [-0.1, -0.05) is 6.07 Å². The van der Waals surface area contributed by atoms with Gasteiger partial charge < -0.3 is 5.32 Å². The number of fused-ring (bicyclic) bond motifs is 2. The average molecular weight is 386 g/mol. The highest BCUT2D eigenvalue weighted by atomic mass is 35.5. The lowest BCUT2D eigenvalue weighted by Gasteiger charge is -2.23. The van der Waals surface area contributed by atoms with Gasteiger partial charge in [-0.2, -0.15) is 5.10 Å². The van der Waals surface area contributed by atoms with Crippen LogP contribution < -0.4 is 11.0 Å². The summed E-state index contributed by atoms with van der Waals surface area (Å²) < 4.78 is 5.24. The van der Waals surface area contributed by atoms with Crippen molar-refractivity contribution < 1.29 is 0 Å². The number of pyridine rings is 1. The van der Waals surface area contributed by atoms with E-state index in [2.05, 4.69) is 15.4 Å². The summed E-state index contributed by atoms with van der Waals surface area (Å²) in [6.07, 6.45) is 7.42. The number of nitrogens with one attached hydrogen (secondary N) is 1. The highest BCUT2D eigenvalue weighted by Gasteiger charge is 2.23. The molecule has 1 aliphatic heterocycles. The van der Waals surface area contributed by atoms with Crippen molar-refractivity contribution in [3.8, 4) is 11.4 Å². The van der Waals surface area contributed by atoms with Gasteiger partial charge in [0.05, 0.1) is 29.5 Å². The predicted octanol–water partition coefficient (Wildman–Crippen LogP) is 1.79. The first-order valence-electron chi connectivity index (χ1n) is 8.81. The summed E-state index contributed by atoms with van der Waals surface area (Å²) in [5, 5.41) is 7.74. The molecule has 5 rings (SSSR count). The van der Waals surface area contributed by atoms with Crippen molar-refractivity contribution in [2.45, 2.75) is 18.9 Å².